The van der Waals surface area contributed by atoms with Gasteiger partial charge in [-0.2, -0.15) is 0 Å². The molecule has 5 heteroatoms. The fourth-order valence-corrected chi connectivity index (χ4v) is 2.72. The SMILES string of the molecule is O=CN1CCN(C(=O)c2cc(F)cc(-c3ccccc3)c2)CC1. The molecule has 2 amide bonds. The fraction of sp³-hybridized carbons (Fsp3) is 0.222. The zero-order valence-electron chi connectivity index (χ0n) is 12.6. The Balaban J connectivity index is 1.84. The number of halogens is 1. The van der Waals surface area contributed by atoms with E-state index in [1.165, 1.54) is 12.1 Å². The summed E-state index contributed by atoms with van der Waals surface area (Å²) in [6.45, 7) is 1.95. The molecule has 3 rings (SSSR count). The number of rotatable bonds is 3. The second-order valence-electron chi connectivity index (χ2n) is 5.53. The topological polar surface area (TPSA) is 40.6 Å². The summed E-state index contributed by atoms with van der Waals surface area (Å²) in [6.07, 6.45) is 0.789. The van der Waals surface area contributed by atoms with E-state index in [4.69, 9.17) is 0 Å². The van der Waals surface area contributed by atoms with Crippen LogP contribution in [0, 0.1) is 5.82 Å². The molecule has 0 saturated carbocycles. The second kappa shape index (κ2) is 6.60. The molecule has 0 radical (unpaired) electrons. The lowest BCUT2D eigenvalue weighted by molar-refractivity contribution is -0.119. The van der Waals surface area contributed by atoms with Crippen molar-refractivity contribution in [2.45, 2.75) is 0 Å². The highest BCUT2D eigenvalue weighted by Crippen LogP contribution is 2.22. The number of hydrogen-bond acceptors (Lipinski definition) is 2. The molecular weight excluding hydrogens is 295 g/mol. The molecule has 0 bridgehead atoms. The summed E-state index contributed by atoms with van der Waals surface area (Å²) in [5.74, 6) is -0.631. The molecule has 1 aliphatic heterocycles. The molecule has 23 heavy (non-hydrogen) atoms. The van der Waals surface area contributed by atoms with Crippen LogP contribution in [0.1, 0.15) is 10.4 Å². The molecule has 0 atom stereocenters. The van der Waals surface area contributed by atoms with E-state index in [9.17, 15) is 14.0 Å². The van der Waals surface area contributed by atoms with Crippen molar-refractivity contribution in [1.82, 2.24) is 9.80 Å². The molecule has 1 aliphatic rings. The van der Waals surface area contributed by atoms with Crippen LogP contribution < -0.4 is 0 Å². The molecule has 0 unspecified atom stereocenters. The zero-order valence-corrected chi connectivity index (χ0v) is 12.6. The van der Waals surface area contributed by atoms with Gasteiger partial charge in [-0.1, -0.05) is 30.3 Å². The Morgan fingerprint density at radius 2 is 1.65 bits per heavy atom. The third-order valence-corrected chi connectivity index (χ3v) is 4.00. The van der Waals surface area contributed by atoms with Gasteiger partial charge in [0, 0.05) is 31.7 Å². The highest BCUT2D eigenvalue weighted by molar-refractivity contribution is 5.95. The smallest absolute Gasteiger partial charge is 0.254 e. The molecule has 0 aromatic heterocycles. The Hall–Kier alpha value is -2.69. The maximum atomic E-state index is 13.9. The van der Waals surface area contributed by atoms with Crippen molar-refractivity contribution in [2.24, 2.45) is 0 Å². The summed E-state index contributed by atoms with van der Waals surface area (Å²) in [4.78, 5) is 26.6. The summed E-state index contributed by atoms with van der Waals surface area (Å²) in [5.41, 5.74) is 1.88. The highest BCUT2D eigenvalue weighted by atomic mass is 19.1. The molecule has 118 valence electrons. The molecule has 0 spiro atoms. The maximum absolute atomic E-state index is 13.9. The monoisotopic (exact) mass is 312 g/mol. The van der Waals surface area contributed by atoms with E-state index in [0.29, 0.717) is 37.3 Å². The molecule has 2 aromatic carbocycles. The minimum Gasteiger partial charge on any atom is -0.342 e. The van der Waals surface area contributed by atoms with Gasteiger partial charge in [0.25, 0.3) is 5.91 Å². The van der Waals surface area contributed by atoms with Gasteiger partial charge in [0.2, 0.25) is 6.41 Å². The molecule has 0 aliphatic carbocycles. The molecule has 0 N–H and O–H groups in total. The van der Waals surface area contributed by atoms with E-state index < -0.39 is 5.82 Å². The van der Waals surface area contributed by atoms with Gasteiger partial charge in [0.05, 0.1) is 0 Å². The molecule has 1 fully saturated rings. The quantitative estimate of drug-likeness (QED) is 0.817. The average molecular weight is 312 g/mol. The number of hydrogen-bond donors (Lipinski definition) is 0. The van der Waals surface area contributed by atoms with Crippen molar-refractivity contribution in [2.75, 3.05) is 26.2 Å². The Bertz CT molecular complexity index is 710. The van der Waals surface area contributed by atoms with E-state index in [1.807, 2.05) is 30.3 Å². The lowest BCUT2D eigenvalue weighted by atomic mass is 10.0. The predicted octanol–water partition coefficient (Wildman–Crippen LogP) is 2.41. The first-order chi connectivity index (χ1) is 11.2. The van der Waals surface area contributed by atoms with Crippen molar-refractivity contribution < 1.29 is 14.0 Å². The van der Waals surface area contributed by atoms with Crippen LogP contribution in [0.4, 0.5) is 4.39 Å². The van der Waals surface area contributed by atoms with Crippen LogP contribution in [0.25, 0.3) is 11.1 Å². The van der Waals surface area contributed by atoms with Gasteiger partial charge >= 0.3 is 0 Å². The minimum absolute atomic E-state index is 0.202. The summed E-state index contributed by atoms with van der Waals surface area (Å²) in [6, 6.07) is 13.8. The normalized spacial score (nSPS) is 14.7. The van der Waals surface area contributed by atoms with Crippen LogP contribution in [0.15, 0.2) is 48.5 Å². The zero-order chi connectivity index (χ0) is 16.2. The van der Waals surface area contributed by atoms with Crippen LogP contribution in [0.2, 0.25) is 0 Å². The first-order valence-electron chi connectivity index (χ1n) is 7.52. The van der Waals surface area contributed by atoms with Crippen LogP contribution in [0.3, 0.4) is 0 Å². The third-order valence-electron chi connectivity index (χ3n) is 4.00. The Kier molecular flexibility index (Phi) is 4.37. The number of nitrogens with zero attached hydrogens (tertiary/aromatic N) is 2. The van der Waals surface area contributed by atoms with Gasteiger partial charge in [-0.25, -0.2) is 4.39 Å². The van der Waals surface area contributed by atoms with E-state index in [2.05, 4.69) is 0 Å². The second-order valence-corrected chi connectivity index (χ2v) is 5.53. The Morgan fingerprint density at radius 1 is 0.957 bits per heavy atom. The lowest BCUT2D eigenvalue weighted by Crippen LogP contribution is -2.48. The summed E-state index contributed by atoms with van der Waals surface area (Å²) in [5, 5.41) is 0. The predicted molar refractivity (Wildman–Crippen MR) is 85.4 cm³/mol. The van der Waals surface area contributed by atoms with Crippen molar-refractivity contribution in [3.05, 3.63) is 59.9 Å². The van der Waals surface area contributed by atoms with E-state index in [-0.39, 0.29) is 5.91 Å². The molecular formula is C18H17FN2O2. The Morgan fingerprint density at radius 3 is 2.30 bits per heavy atom. The van der Waals surface area contributed by atoms with Crippen molar-refractivity contribution in [3.63, 3.8) is 0 Å². The number of carbonyl (C=O) groups is 2. The van der Waals surface area contributed by atoms with Crippen LogP contribution in [-0.4, -0.2) is 48.3 Å². The van der Waals surface area contributed by atoms with E-state index in [0.717, 1.165) is 12.0 Å². The van der Waals surface area contributed by atoms with Gasteiger partial charge in [0.15, 0.2) is 0 Å². The molecule has 4 nitrogen and oxygen atoms in total. The van der Waals surface area contributed by atoms with Crippen LogP contribution in [-0.2, 0) is 4.79 Å². The minimum atomic E-state index is -0.429. The van der Waals surface area contributed by atoms with Gasteiger partial charge in [-0.3, -0.25) is 9.59 Å². The standard InChI is InChI=1S/C18H17FN2O2/c19-17-11-15(14-4-2-1-3-5-14)10-16(12-17)18(23)21-8-6-20(13-22)7-9-21/h1-5,10-13H,6-9H2. The van der Waals surface area contributed by atoms with Gasteiger partial charge in [-0.05, 0) is 29.3 Å². The van der Waals surface area contributed by atoms with E-state index >= 15 is 0 Å². The summed E-state index contributed by atoms with van der Waals surface area (Å²) >= 11 is 0. The van der Waals surface area contributed by atoms with Gasteiger partial charge in [0.1, 0.15) is 5.82 Å². The van der Waals surface area contributed by atoms with Gasteiger partial charge < -0.3 is 9.80 Å². The van der Waals surface area contributed by atoms with E-state index in [1.54, 1.807) is 15.9 Å². The number of piperazine rings is 1. The maximum Gasteiger partial charge on any atom is 0.254 e. The largest absolute Gasteiger partial charge is 0.342 e. The molecule has 2 aromatic rings. The Labute approximate surface area is 134 Å². The highest BCUT2D eigenvalue weighted by Gasteiger charge is 2.22. The molecule has 1 saturated heterocycles. The average Bonchev–Trinajstić information content (AvgIpc) is 2.61. The molecule has 1 heterocycles. The fourth-order valence-electron chi connectivity index (χ4n) is 2.72. The first kappa shape index (κ1) is 15.2. The van der Waals surface area contributed by atoms with Crippen molar-refractivity contribution in [3.8, 4) is 11.1 Å². The number of carbonyl (C=O) groups excluding carboxylic acids is 2. The number of benzene rings is 2. The lowest BCUT2D eigenvalue weighted by Gasteiger charge is -2.32. The van der Waals surface area contributed by atoms with Crippen LogP contribution in [0.5, 0.6) is 0 Å². The summed E-state index contributed by atoms with van der Waals surface area (Å²) in [7, 11) is 0. The van der Waals surface area contributed by atoms with Gasteiger partial charge in [-0.15, -0.1) is 0 Å². The first-order valence-corrected chi connectivity index (χ1v) is 7.52. The van der Waals surface area contributed by atoms with Crippen molar-refractivity contribution >= 4 is 12.3 Å². The van der Waals surface area contributed by atoms with Crippen LogP contribution >= 0.6 is 0 Å². The number of amides is 2. The summed E-state index contributed by atoms with van der Waals surface area (Å²) < 4.78 is 13.9. The van der Waals surface area contributed by atoms with Crippen molar-refractivity contribution in [1.29, 1.82) is 0 Å². The third kappa shape index (κ3) is 3.39.